The van der Waals surface area contributed by atoms with Crippen molar-refractivity contribution in [2.45, 2.75) is 58.3 Å². The molecule has 0 N–H and O–H groups in total. The van der Waals surface area contributed by atoms with E-state index in [9.17, 15) is 0 Å². The molecular formula is C18H24N2O. The molecule has 0 unspecified atom stereocenters. The minimum atomic E-state index is 0.380. The number of unbranched alkanes of at least 4 members (excludes halogenated alkanes) is 7. The van der Waals surface area contributed by atoms with Crippen LogP contribution in [0.3, 0.4) is 0 Å². The van der Waals surface area contributed by atoms with E-state index in [2.05, 4.69) is 6.92 Å². The van der Waals surface area contributed by atoms with Gasteiger partial charge in [0, 0.05) is 0 Å². The average Bonchev–Trinajstić information content (AvgIpc) is 2.53. The Morgan fingerprint density at radius 2 is 1.48 bits per heavy atom. The number of nitriles is 2. The topological polar surface area (TPSA) is 56.8 Å². The van der Waals surface area contributed by atoms with E-state index in [1.807, 2.05) is 12.1 Å². The van der Waals surface area contributed by atoms with Crippen LogP contribution in [0.5, 0.6) is 5.75 Å². The molecule has 0 spiro atoms. The fourth-order valence-electron chi connectivity index (χ4n) is 2.23. The Kier molecular flexibility index (Phi) is 8.73. The minimum Gasteiger partial charge on any atom is -0.494 e. The maximum atomic E-state index is 8.95. The van der Waals surface area contributed by atoms with Gasteiger partial charge in [0.15, 0.2) is 0 Å². The number of benzene rings is 1. The zero-order valence-electron chi connectivity index (χ0n) is 12.9. The van der Waals surface area contributed by atoms with E-state index in [1.165, 1.54) is 44.9 Å². The van der Waals surface area contributed by atoms with Crippen molar-refractivity contribution in [3.63, 3.8) is 0 Å². The zero-order chi connectivity index (χ0) is 15.3. The first-order valence-electron chi connectivity index (χ1n) is 7.89. The molecule has 0 aliphatic rings. The molecule has 0 radical (unpaired) electrons. The van der Waals surface area contributed by atoms with Crippen molar-refractivity contribution >= 4 is 0 Å². The maximum absolute atomic E-state index is 8.95. The van der Waals surface area contributed by atoms with E-state index in [0.29, 0.717) is 23.5 Å². The van der Waals surface area contributed by atoms with Crippen molar-refractivity contribution in [2.75, 3.05) is 6.61 Å². The third kappa shape index (κ3) is 6.82. The molecule has 1 aromatic carbocycles. The smallest absolute Gasteiger partial charge is 0.120 e. The number of hydrogen-bond donors (Lipinski definition) is 0. The lowest BCUT2D eigenvalue weighted by Gasteiger charge is -2.07. The van der Waals surface area contributed by atoms with Crippen LogP contribution in [-0.2, 0) is 0 Å². The summed E-state index contributed by atoms with van der Waals surface area (Å²) in [5.74, 6) is 0.675. The van der Waals surface area contributed by atoms with Crippen LogP contribution in [0, 0.1) is 22.7 Å². The van der Waals surface area contributed by atoms with Gasteiger partial charge in [0.25, 0.3) is 0 Å². The van der Waals surface area contributed by atoms with Crippen molar-refractivity contribution in [1.82, 2.24) is 0 Å². The molecule has 0 saturated carbocycles. The summed E-state index contributed by atoms with van der Waals surface area (Å²) in [7, 11) is 0. The quantitative estimate of drug-likeness (QED) is 0.571. The first-order chi connectivity index (χ1) is 10.3. The van der Waals surface area contributed by atoms with E-state index >= 15 is 0 Å². The summed E-state index contributed by atoms with van der Waals surface area (Å²) in [6.45, 7) is 2.91. The highest BCUT2D eigenvalue weighted by Gasteiger charge is 2.03. The lowest BCUT2D eigenvalue weighted by molar-refractivity contribution is 0.304. The molecule has 0 aromatic heterocycles. The largest absolute Gasteiger partial charge is 0.494 e. The molecule has 1 rings (SSSR count). The number of ether oxygens (including phenoxy) is 1. The molecule has 0 atom stereocenters. The molecule has 112 valence electrons. The van der Waals surface area contributed by atoms with E-state index in [-0.39, 0.29) is 0 Å². The maximum Gasteiger partial charge on any atom is 0.120 e. The Morgan fingerprint density at radius 3 is 2.10 bits per heavy atom. The summed E-state index contributed by atoms with van der Waals surface area (Å²) in [6.07, 6.45) is 10.2. The van der Waals surface area contributed by atoms with Crippen molar-refractivity contribution in [3.05, 3.63) is 29.3 Å². The molecular weight excluding hydrogens is 260 g/mol. The van der Waals surface area contributed by atoms with E-state index < -0.39 is 0 Å². The van der Waals surface area contributed by atoms with Crippen LogP contribution >= 0.6 is 0 Å². The van der Waals surface area contributed by atoms with Gasteiger partial charge in [-0.05, 0) is 24.6 Å². The predicted molar refractivity (Wildman–Crippen MR) is 84.0 cm³/mol. The molecule has 0 aliphatic carbocycles. The Labute approximate surface area is 128 Å². The second kappa shape index (κ2) is 10.7. The van der Waals surface area contributed by atoms with E-state index in [1.54, 1.807) is 18.2 Å². The van der Waals surface area contributed by atoms with Gasteiger partial charge in [0.05, 0.1) is 17.7 Å². The highest BCUT2D eigenvalue weighted by molar-refractivity contribution is 5.49. The third-order valence-corrected chi connectivity index (χ3v) is 3.50. The van der Waals surface area contributed by atoms with Gasteiger partial charge in [-0.3, -0.25) is 0 Å². The molecule has 3 nitrogen and oxygen atoms in total. The fraction of sp³-hybridized carbons (Fsp3) is 0.556. The summed E-state index contributed by atoms with van der Waals surface area (Å²) >= 11 is 0. The van der Waals surface area contributed by atoms with Gasteiger partial charge in [-0.2, -0.15) is 10.5 Å². The Morgan fingerprint density at radius 1 is 0.857 bits per heavy atom. The summed E-state index contributed by atoms with van der Waals surface area (Å²) in [5.41, 5.74) is 0.780. The molecule has 0 amide bonds. The first-order valence-corrected chi connectivity index (χ1v) is 7.89. The van der Waals surface area contributed by atoms with Crippen LogP contribution in [0.2, 0.25) is 0 Å². The Hall–Kier alpha value is -2.00. The lowest BCUT2D eigenvalue weighted by Crippen LogP contribution is -1.98. The van der Waals surface area contributed by atoms with Crippen LogP contribution in [0.1, 0.15) is 69.4 Å². The SMILES string of the molecule is CCCCCCCCCCOc1ccc(C#N)c(C#N)c1. The highest BCUT2D eigenvalue weighted by Crippen LogP contribution is 2.17. The van der Waals surface area contributed by atoms with Crippen LogP contribution in [0.15, 0.2) is 18.2 Å². The Balaban J connectivity index is 2.16. The molecule has 0 bridgehead atoms. The van der Waals surface area contributed by atoms with E-state index in [4.69, 9.17) is 15.3 Å². The van der Waals surface area contributed by atoms with E-state index in [0.717, 1.165) is 6.42 Å². The number of rotatable bonds is 10. The molecule has 0 saturated heterocycles. The van der Waals surface area contributed by atoms with Gasteiger partial charge in [-0.25, -0.2) is 0 Å². The summed E-state index contributed by atoms with van der Waals surface area (Å²) in [6, 6.07) is 9.06. The van der Waals surface area contributed by atoms with Gasteiger partial charge < -0.3 is 4.74 Å². The van der Waals surface area contributed by atoms with Gasteiger partial charge in [-0.15, -0.1) is 0 Å². The monoisotopic (exact) mass is 284 g/mol. The second-order valence-corrected chi connectivity index (χ2v) is 5.25. The fourth-order valence-corrected chi connectivity index (χ4v) is 2.23. The Bertz CT molecular complexity index is 497. The molecule has 0 heterocycles. The predicted octanol–water partition coefficient (Wildman–Crippen LogP) is 4.95. The molecule has 0 aliphatic heterocycles. The summed E-state index contributed by atoms with van der Waals surface area (Å²) < 4.78 is 5.63. The molecule has 1 aromatic rings. The molecule has 3 heteroatoms. The average molecular weight is 284 g/mol. The van der Waals surface area contributed by atoms with Crippen LogP contribution in [0.25, 0.3) is 0 Å². The van der Waals surface area contributed by atoms with Gasteiger partial charge >= 0.3 is 0 Å². The first kappa shape index (κ1) is 17.1. The van der Waals surface area contributed by atoms with Crippen molar-refractivity contribution in [2.24, 2.45) is 0 Å². The van der Waals surface area contributed by atoms with Gasteiger partial charge in [0.1, 0.15) is 17.9 Å². The lowest BCUT2D eigenvalue weighted by atomic mass is 10.1. The number of hydrogen-bond acceptors (Lipinski definition) is 3. The van der Waals surface area contributed by atoms with Crippen LogP contribution in [0.4, 0.5) is 0 Å². The second-order valence-electron chi connectivity index (χ2n) is 5.25. The molecule has 0 fully saturated rings. The molecule has 21 heavy (non-hydrogen) atoms. The summed E-state index contributed by atoms with van der Waals surface area (Å²) in [5, 5.41) is 17.8. The van der Waals surface area contributed by atoms with Gasteiger partial charge in [-0.1, -0.05) is 51.9 Å². The number of nitrogens with zero attached hydrogens (tertiary/aromatic N) is 2. The van der Waals surface area contributed by atoms with Crippen LogP contribution < -0.4 is 4.74 Å². The highest BCUT2D eigenvalue weighted by atomic mass is 16.5. The van der Waals surface area contributed by atoms with Gasteiger partial charge in [0.2, 0.25) is 0 Å². The van der Waals surface area contributed by atoms with Crippen LogP contribution in [-0.4, -0.2) is 6.61 Å². The zero-order valence-corrected chi connectivity index (χ0v) is 12.9. The minimum absolute atomic E-state index is 0.380. The summed E-state index contributed by atoms with van der Waals surface area (Å²) in [4.78, 5) is 0. The normalized spacial score (nSPS) is 9.86. The van der Waals surface area contributed by atoms with Crippen molar-refractivity contribution in [1.29, 1.82) is 10.5 Å². The van der Waals surface area contributed by atoms with Crippen molar-refractivity contribution < 1.29 is 4.74 Å². The standard InChI is InChI=1S/C18H24N2O/c1-2-3-4-5-6-7-8-9-12-21-18-11-10-16(14-19)17(13-18)15-20/h10-11,13H,2-9,12H2,1H3. The third-order valence-electron chi connectivity index (χ3n) is 3.50. The van der Waals surface area contributed by atoms with Crippen molar-refractivity contribution in [3.8, 4) is 17.9 Å².